The summed E-state index contributed by atoms with van der Waals surface area (Å²) in [6, 6.07) is 9.66. The number of urea groups is 1. The topological polar surface area (TPSA) is 149 Å². The zero-order valence-electron chi connectivity index (χ0n) is 31.2. The standard InChI is InChI=1S/C41H47N9O5/c1-55-37-22-34-27(21-32(37)39(52)43-33-3-2-15-48(40(33)53)28-8-9-28)25-50(45-34)30-6-4-26(5-7-30)10-16-46-17-11-29(12-18-46)47-19-13-31-35(47)23-42-24-36(31)49-20-14-38(51)44-41(49)54/h2-3,13,15,19,21-26,28-30H,4-12,14,16-18,20H2,1H3,(H,43,52)(H,44,51,54). The van der Waals surface area contributed by atoms with Gasteiger partial charge in [0.1, 0.15) is 11.4 Å². The van der Waals surface area contributed by atoms with Crippen LogP contribution in [0.1, 0.15) is 92.7 Å². The molecule has 2 aliphatic carbocycles. The van der Waals surface area contributed by atoms with Crippen LogP contribution in [0.15, 0.2) is 66.1 Å². The SMILES string of the molecule is COc1cc2nn(C3CCC(CCN4CCC(n5ccc6c(N7CCC(=O)NC7=O)cncc65)CC4)CC3)cc2cc1C(=O)Nc1cccn(C2CC2)c1=O. The lowest BCUT2D eigenvalue weighted by Gasteiger charge is -2.35. The Labute approximate surface area is 318 Å². The van der Waals surface area contributed by atoms with E-state index >= 15 is 0 Å². The molecule has 4 fully saturated rings. The molecule has 0 bridgehead atoms. The smallest absolute Gasteiger partial charge is 0.328 e. The molecule has 0 spiro atoms. The minimum absolute atomic E-state index is 0.186. The molecule has 6 heterocycles. The van der Waals surface area contributed by atoms with Gasteiger partial charge in [-0.3, -0.25) is 34.3 Å². The molecule has 4 aromatic heterocycles. The first-order valence-electron chi connectivity index (χ1n) is 19.7. The molecular weight excluding hydrogens is 699 g/mol. The van der Waals surface area contributed by atoms with E-state index in [1.807, 2.05) is 24.5 Å². The number of pyridine rings is 2. The summed E-state index contributed by atoms with van der Waals surface area (Å²) < 4.78 is 11.7. The number of amides is 4. The van der Waals surface area contributed by atoms with Gasteiger partial charge in [0, 0.05) is 73.6 Å². The van der Waals surface area contributed by atoms with Crippen LogP contribution in [0.4, 0.5) is 16.2 Å². The van der Waals surface area contributed by atoms with Gasteiger partial charge in [-0.25, -0.2) is 4.79 Å². The Morgan fingerprint density at radius 2 is 1.69 bits per heavy atom. The number of hydrogen-bond acceptors (Lipinski definition) is 8. The third kappa shape index (κ3) is 6.99. The van der Waals surface area contributed by atoms with Crippen molar-refractivity contribution in [3.8, 4) is 5.75 Å². The van der Waals surface area contributed by atoms with Gasteiger partial charge in [-0.15, -0.1) is 0 Å². The van der Waals surface area contributed by atoms with Crippen molar-refractivity contribution in [2.45, 2.75) is 82.3 Å². The second kappa shape index (κ2) is 14.6. The van der Waals surface area contributed by atoms with Crippen molar-refractivity contribution in [1.82, 2.24) is 34.1 Å². The molecule has 4 aliphatic rings. The summed E-state index contributed by atoms with van der Waals surface area (Å²) >= 11 is 0. The third-order valence-corrected chi connectivity index (χ3v) is 12.2. The first-order chi connectivity index (χ1) is 26.8. The summed E-state index contributed by atoms with van der Waals surface area (Å²) in [5, 5.41) is 12.0. The molecule has 14 heteroatoms. The highest BCUT2D eigenvalue weighted by Gasteiger charge is 2.30. The third-order valence-electron chi connectivity index (χ3n) is 12.2. The second-order valence-corrected chi connectivity index (χ2v) is 15.6. The summed E-state index contributed by atoms with van der Waals surface area (Å²) in [5.74, 6) is 0.500. The average molecular weight is 746 g/mol. The Kier molecular flexibility index (Phi) is 9.36. The highest BCUT2D eigenvalue weighted by Crippen LogP contribution is 2.37. The van der Waals surface area contributed by atoms with Gasteiger partial charge in [-0.05, 0) is 94.5 Å². The van der Waals surface area contributed by atoms with Crippen molar-refractivity contribution in [2.75, 3.05) is 43.5 Å². The Balaban J connectivity index is 0.775. The monoisotopic (exact) mass is 745 g/mol. The summed E-state index contributed by atoms with van der Waals surface area (Å²) in [6.07, 6.45) is 19.6. The highest BCUT2D eigenvalue weighted by molar-refractivity contribution is 6.10. The van der Waals surface area contributed by atoms with E-state index in [4.69, 9.17) is 9.84 Å². The number of carbonyl (C=O) groups excluding carboxylic acids is 3. The number of aromatic nitrogens is 5. The Morgan fingerprint density at radius 1 is 0.909 bits per heavy atom. The quantitative estimate of drug-likeness (QED) is 0.176. The van der Waals surface area contributed by atoms with Crippen molar-refractivity contribution >= 4 is 51.0 Å². The largest absolute Gasteiger partial charge is 0.496 e. The fourth-order valence-corrected chi connectivity index (χ4v) is 8.91. The van der Waals surface area contributed by atoms with Crippen LogP contribution in [0.5, 0.6) is 5.75 Å². The zero-order chi connectivity index (χ0) is 37.6. The number of imide groups is 1. The van der Waals surface area contributed by atoms with Gasteiger partial charge >= 0.3 is 6.03 Å². The van der Waals surface area contributed by atoms with E-state index in [0.717, 1.165) is 98.5 Å². The van der Waals surface area contributed by atoms with Crippen molar-refractivity contribution in [1.29, 1.82) is 0 Å². The lowest BCUT2D eigenvalue weighted by atomic mass is 9.84. The van der Waals surface area contributed by atoms with Crippen LogP contribution in [0, 0.1) is 5.92 Å². The number of ether oxygens (including phenoxy) is 1. The fourth-order valence-electron chi connectivity index (χ4n) is 8.91. The van der Waals surface area contributed by atoms with Crippen LogP contribution in [0.25, 0.3) is 21.8 Å². The van der Waals surface area contributed by atoms with E-state index in [2.05, 4.69) is 42.0 Å². The number of nitrogens with zero attached hydrogens (tertiary/aromatic N) is 7. The first kappa shape index (κ1) is 35.2. The molecule has 1 aromatic carbocycles. The molecule has 2 N–H and O–H groups in total. The van der Waals surface area contributed by atoms with Crippen LogP contribution in [-0.2, 0) is 4.79 Å². The van der Waals surface area contributed by atoms with Crippen molar-refractivity contribution in [3.05, 3.63) is 77.2 Å². The summed E-state index contributed by atoms with van der Waals surface area (Å²) in [7, 11) is 1.55. The van der Waals surface area contributed by atoms with E-state index in [-0.39, 0.29) is 41.6 Å². The number of hydrogen-bond donors (Lipinski definition) is 2. The number of likely N-dealkylation sites (tertiary alicyclic amines) is 1. The molecule has 0 radical (unpaired) electrons. The van der Waals surface area contributed by atoms with Crippen LogP contribution < -0.4 is 25.8 Å². The van der Waals surface area contributed by atoms with E-state index in [1.54, 1.807) is 41.1 Å². The maximum Gasteiger partial charge on any atom is 0.328 e. The summed E-state index contributed by atoms with van der Waals surface area (Å²) in [5.41, 5.74) is 3.01. The van der Waals surface area contributed by atoms with Gasteiger partial charge < -0.3 is 24.1 Å². The van der Waals surface area contributed by atoms with Crippen LogP contribution in [0.2, 0.25) is 0 Å². The number of piperidine rings is 1. The van der Waals surface area contributed by atoms with E-state index in [1.165, 1.54) is 6.42 Å². The molecular formula is C41H47N9O5. The summed E-state index contributed by atoms with van der Waals surface area (Å²) in [4.78, 5) is 59.3. The van der Waals surface area contributed by atoms with Gasteiger partial charge in [0.25, 0.3) is 11.5 Å². The summed E-state index contributed by atoms with van der Waals surface area (Å²) in [6.45, 7) is 3.57. The molecule has 0 atom stereocenters. The lowest BCUT2D eigenvalue weighted by Crippen LogP contribution is -2.49. The maximum absolute atomic E-state index is 13.4. The number of rotatable bonds is 10. The molecule has 0 unspecified atom stereocenters. The number of benzene rings is 1. The maximum atomic E-state index is 13.4. The molecule has 2 aliphatic heterocycles. The van der Waals surface area contributed by atoms with E-state index in [9.17, 15) is 19.2 Å². The van der Waals surface area contributed by atoms with Gasteiger partial charge in [-0.2, -0.15) is 5.10 Å². The molecule has 14 nitrogen and oxygen atoms in total. The highest BCUT2D eigenvalue weighted by atomic mass is 16.5. The zero-order valence-corrected chi connectivity index (χ0v) is 31.2. The molecule has 4 amide bonds. The Hall–Kier alpha value is -5.50. The van der Waals surface area contributed by atoms with Gasteiger partial charge in [-0.1, -0.05) is 0 Å². The molecule has 5 aromatic rings. The van der Waals surface area contributed by atoms with Gasteiger partial charge in [0.2, 0.25) is 5.91 Å². The first-order valence-corrected chi connectivity index (χ1v) is 19.7. The predicted molar refractivity (Wildman–Crippen MR) is 209 cm³/mol. The number of fused-ring (bicyclic) bond motifs is 2. The van der Waals surface area contributed by atoms with Gasteiger partial charge in [0.15, 0.2) is 0 Å². The molecule has 55 heavy (non-hydrogen) atoms. The fraction of sp³-hybridized carbons (Fsp3) is 0.463. The second-order valence-electron chi connectivity index (χ2n) is 15.6. The molecule has 286 valence electrons. The average Bonchev–Trinajstić information content (AvgIpc) is 3.81. The number of carbonyl (C=O) groups is 3. The predicted octanol–water partition coefficient (Wildman–Crippen LogP) is 6.05. The Bertz CT molecular complexity index is 2330. The number of methoxy groups -OCH3 is 1. The van der Waals surface area contributed by atoms with Crippen molar-refractivity contribution in [3.63, 3.8) is 0 Å². The van der Waals surface area contributed by atoms with Crippen LogP contribution >= 0.6 is 0 Å². The van der Waals surface area contributed by atoms with Crippen LogP contribution in [-0.4, -0.2) is 79.9 Å². The van der Waals surface area contributed by atoms with E-state index < -0.39 is 0 Å². The number of nitrogens with one attached hydrogen (secondary N) is 2. The van der Waals surface area contributed by atoms with Crippen molar-refractivity contribution in [2.24, 2.45) is 5.92 Å². The molecule has 2 saturated heterocycles. The Morgan fingerprint density at radius 3 is 2.45 bits per heavy atom. The van der Waals surface area contributed by atoms with Crippen LogP contribution in [0.3, 0.4) is 0 Å². The molecule has 9 rings (SSSR count). The molecule has 2 saturated carbocycles. The lowest BCUT2D eigenvalue weighted by molar-refractivity contribution is -0.120. The number of anilines is 2. The normalized spacial score (nSPS) is 21.3. The van der Waals surface area contributed by atoms with E-state index in [0.29, 0.717) is 35.9 Å². The minimum Gasteiger partial charge on any atom is -0.496 e. The van der Waals surface area contributed by atoms with Crippen molar-refractivity contribution < 1.29 is 19.1 Å². The van der Waals surface area contributed by atoms with Gasteiger partial charge in [0.05, 0.1) is 47.8 Å². The minimum atomic E-state index is -0.389.